The number of carbonyl (C=O) groups excluding carboxylic acids is 1. The molecule has 0 atom stereocenters. The van der Waals surface area contributed by atoms with Crippen molar-refractivity contribution in [2.75, 3.05) is 6.54 Å². The van der Waals surface area contributed by atoms with Crippen LogP contribution in [-0.4, -0.2) is 27.5 Å². The quantitative estimate of drug-likeness (QED) is 0.328. The van der Waals surface area contributed by atoms with Crippen LogP contribution in [0, 0.1) is 0 Å². The molecule has 0 bridgehead atoms. The number of thioether (sulfide) groups is 1. The van der Waals surface area contributed by atoms with Crippen molar-refractivity contribution >= 4 is 57.8 Å². The molecule has 1 saturated heterocycles. The van der Waals surface area contributed by atoms with Crippen molar-refractivity contribution < 1.29 is 9.21 Å². The van der Waals surface area contributed by atoms with Crippen LogP contribution in [0.2, 0.25) is 10.0 Å². The maximum absolute atomic E-state index is 12.9. The van der Waals surface area contributed by atoms with Gasteiger partial charge in [-0.05, 0) is 54.2 Å². The molecule has 2 aromatic heterocycles. The minimum Gasteiger partial charge on any atom is -0.457 e. The molecule has 0 saturated carbocycles. The summed E-state index contributed by atoms with van der Waals surface area (Å²) in [5, 5.41) is 1.49. The summed E-state index contributed by atoms with van der Waals surface area (Å²) in [6.45, 7) is 4.09. The van der Waals surface area contributed by atoms with Crippen molar-refractivity contribution in [3.63, 3.8) is 0 Å². The van der Waals surface area contributed by atoms with E-state index >= 15 is 0 Å². The number of carbonyl (C=O) groups is 1. The van der Waals surface area contributed by atoms with Gasteiger partial charge in [0.2, 0.25) is 0 Å². The molecule has 30 heavy (non-hydrogen) atoms. The highest BCUT2D eigenvalue weighted by atomic mass is 35.5. The number of hydrogen-bond donors (Lipinski definition) is 0. The number of benzene rings is 1. The maximum atomic E-state index is 12.9. The highest BCUT2D eigenvalue weighted by Gasteiger charge is 2.33. The third kappa shape index (κ3) is 4.36. The van der Waals surface area contributed by atoms with Crippen molar-refractivity contribution in [1.82, 2.24) is 9.88 Å². The Morgan fingerprint density at radius 3 is 2.80 bits per heavy atom. The first kappa shape index (κ1) is 20.5. The van der Waals surface area contributed by atoms with E-state index in [1.54, 1.807) is 53.7 Å². The van der Waals surface area contributed by atoms with Crippen LogP contribution in [0.4, 0.5) is 5.69 Å². The van der Waals surface area contributed by atoms with Crippen LogP contribution in [-0.2, 0) is 4.79 Å². The van der Waals surface area contributed by atoms with E-state index in [-0.39, 0.29) is 5.91 Å². The van der Waals surface area contributed by atoms with Gasteiger partial charge in [-0.15, -0.1) is 6.58 Å². The normalized spacial score (nSPS) is 16.6. The van der Waals surface area contributed by atoms with E-state index in [0.29, 0.717) is 43.9 Å². The molecule has 3 aromatic rings. The minimum atomic E-state index is -0.157. The lowest BCUT2D eigenvalue weighted by Gasteiger charge is -2.12. The molecular formula is C22H15Cl2N3O2S. The molecule has 3 heterocycles. The largest absolute Gasteiger partial charge is 0.457 e. The number of pyridine rings is 1. The molecule has 0 aliphatic carbocycles. The number of nitrogens with zero attached hydrogens (tertiary/aromatic N) is 3. The van der Waals surface area contributed by atoms with E-state index in [1.807, 2.05) is 18.2 Å². The smallest absolute Gasteiger partial charge is 0.267 e. The van der Waals surface area contributed by atoms with Gasteiger partial charge in [0, 0.05) is 24.4 Å². The molecule has 0 radical (unpaired) electrons. The van der Waals surface area contributed by atoms with Crippen LogP contribution in [0.1, 0.15) is 5.76 Å². The lowest BCUT2D eigenvalue weighted by Crippen LogP contribution is -2.29. The first-order valence-electron chi connectivity index (χ1n) is 8.91. The Morgan fingerprint density at radius 2 is 2.07 bits per heavy atom. The SMILES string of the molecule is C=CCN1C(=O)/C(=C\c2ccc(-c3ccc(Cl)c(Cl)c3)o2)SC1=Nc1cccnc1. The molecule has 1 fully saturated rings. The average Bonchev–Trinajstić information content (AvgIpc) is 3.32. The van der Waals surface area contributed by atoms with E-state index < -0.39 is 0 Å². The number of hydrogen-bond acceptors (Lipinski definition) is 5. The van der Waals surface area contributed by atoms with Crippen LogP contribution in [0.15, 0.2) is 81.8 Å². The molecule has 0 unspecified atom stereocenters. The Labute approximate surface area is 187 Å². The van der Waals surface area contributed by atoms with Crippen molar-refractivity contribution in [3.05, 3.63) is 88.2 Å². The molecule has 5 nitrogen and oxygen atoms in total. The number of rotatable bonds is 5. The van der Waals surface area contributed by atoms with Gasteiger partial charge in [0.1, 0.15) is 11.5 Å². The summed E-state index contributed by atoms with van der Waals surface area (Å²) < 4.78 is 5.89. The van der Waals surface area contributed by atoms with E-state index in [2.05, 4.69) is 16.6 Å². The highest BCUT2D eigenvalue weighted by Crippen LogP contribution is 2.35. The fraction of sp³-hybridized carbons (Fsp3) is 0.0455. The number of furan rings is 1. The van der Waals surface area contributed by atoms with Crippen molar-refractivity contribution in [2.45, 2.75) is 0 Å². The summed E-state index contributed by atoms with van der Waals surface area (Å²) in [7, 11) is 0. The Morgan fingerprint density at radius 1 is 1.20 bits per heavy atom. The molecule has 4 rings (SSSR count). The number of aliphatic imine (C=N–C) groups is 1. The fourth-order valence-electron chi connectivity index (χ4n) is 2.78. The molecule has 0 N–H and O–H groups in total. The summed E-state index contributed by atoms with van der Waals surface area (Å²) in [5.41, 5.74) is 1.47. The maximum Gasteiger partial charge on any atom is 0.267 e. The molecule has 150 valence electrons. The molecule has 1 aliphatic heterocycles. The Bertz CT molecular complexity index is 1170. The Hall–Kier alpha value is -2.80. The van der Waals surface area contributed by atoms with Gasteiger partial charge in [-0.1, -0.05) is 29.3 Å². The van der Waals surface area contributed by atoms with Gasteiger partial charge in [0.05, 0.1) is 26.8 Å². The van der Waals surface area contributed by atoms with Gasteiger partial charge < -0.3 is 4.42 Å². The zero-order valence-electron chi connectivity index (χ0n) is 15.6. The predicted octanol–water partition coefficient (Wildman–Crippen LogP) is 6.44. The predicted molar refractivity (Wildman–Crippen MR) is 123 cm³/mol. The van der Waals surface area contributed by atoms with E-state index in [0.717, 1.165) is 5.56 Å². The highest BCUT2D eigenvalue weighted by molar-refractivity contribution is 8.18. The van der Waals surface area contributed by atoms with Gasteiger partial charge in [0.25, 0.3) is 5.91 Å². The number of halogens is 2. The monoisotopic (exact) mass is 455 g/mol. The molecule has 8 heteroatoms. The second-order valence-electron chi connectivity index (χ2n) is 6.25. The number of aromatic nitrogens is 1. The zero-order valence-corrected chi connectivity index (χ0v) is 17.9. The van der Waals surface area contributed by atoms with Crippen molar-refractivity contribution in [2.24, 2.45) is 4.99 Å². The van der Waals surface area contributed by atoms with Gasteiger partial charge in [-0.3, -0.25) is 14.7 Å². The van der Waals surface area contributed by atoms with Gasteiger partial charge in [-0.25, -0.2) is 4.99 Å². The van der Waals surface area contributed by atoms with Gasteiger partial charge in [-0.2, -0.15) is 0 Å². The second kappa shape index (κ2) is 8.92. The topological polar surface area (TPSA) is 58.7 Å². The van der Waals surface area contributed by atoms with Crippen molar-refractivity contribution in [3.8, 4) is 11.3 Å². The van der Waals surface area contributed by atoms with Crippen LogP contribution < -0.4 is 0 Å². The van der Waals surface area contributed by atoms with E-state index in [4.69, 9.17) is 27.6 Å². The summed E-state index contributed by atoms with van der Waals surface area (Å²) in [6.07, 6.45) is 6.68. The van der Waals surface area contributed by atoms with E-state index in [1.165, 1.54) is 11.8 Å². The van der Waals surface area contributed by atoms with E-state index in [9.17, 15) is 4.79 Å². The van der Waals surface area contributed by atoms with Crippen LogP contribution in [0.25, 0.3) is 17.4 Å². The molecule has 1 aromatic carbocycles. The number of amidine groups is 1. The summed E-state index contributed by atoms with van der Waals surface area (Å²) in [5.74, 6) is 1.02. The number of amides is 1. The standard InChI is InChI=1S/C22H15Cl2N3O2S/c1-2-10-27-21(28)20(30-22(27)26-15-4-3-9-25-13-15)12-16-6-8-19(29-16)14-5-7-17(23)18(24)11-14/h2-9,11-13H,1,10H2/b20-12+,26-22?. The van der Waals surface area contributed by atoms with Crippen LogP contribution >= 0.6 is 35.0 Å². The summed E-state index contributed by atoms with van der Waals surface area (Å²) in [6, 6.07) is 12.5. The first-order valence-corrected chi connectivity index (χ1v) is 10.5. The van der Waals surface area contributed by atoms with Crippen LogP contribution in [0.5, 0.6) is 0 Å². The molecular weight excluding hydrogens is 441 g/mol. The lowest BCUT2D eigenvalue weighted by atomic mass is 10.2. The Balaban J connectivity index is 1.63. The zero-order chi connectivity index (χ0) is 21.1. The van der Waals surface area contributed by atoms with Crippen molar-refractivity contribution in [1.29, 1.82) is 0 Å². The van der Waals surface area contributed by atoms with Crippen LogP contribution in [0.3, 0.4) is 0 Å². The van der Waals surface area contributed by atoms with Gasteiger partial charge >= 0.3 is 0 Å². The van der Waals surface area contributed by atoms with Gasteiger partial charge in [0.15, 0.2) is 5.17 Å². The third-order valence-corrected chi connectivity index (χ3v) is 5.92. The molecule has 1 aliphatic rings. The summed E-state index contributed by atoms with van der Waals surface area (Å²) >= 11 is 13.3. The molecule has 1 amide bonds. The minimum absolute atomic E-state index is 0.157. The second-order valence-corrected chi connectivity index (χ2v) is 8.08. The average molecular weight is 456 g/mol. The first-order chi connectivity index (χ1) is 14.5. The summed E-state index contributed by atoms with van der Waals surface area (Å²) in [4.78, 5) is 23.6. The fourth-order valence-corrected chi connectivity index (χ4v) is 4.06. The Kier molecular flexibility index (Phi) is 6.08. The molecule has 0 spiro atoms. The lowest BCUT2D eigenvalue weighted by molar-refractivity contribution is -0.121. The third-order valence-electron chi connectivity index (χ3n) is 4.17.